The molecule has 0 radical (unpaired) electrons. The number of aliphatic hydroxyl groups is 1. The molecule has 0 aliphatic carbocycles. The third-order valence-electron chi connectivity index (χ3n) is 4.93. The number of ether oxygens (including phenoxy) is 2. The molecule has 0 amide bonds. The van der Waals surface area contributed by atoms with Crippen LogP contribution in [0.25, 0.3) is 0 Å². The Morgan fingerprint density at radius 1 is 1.40 bits per heavy atom. The quantitative estimate of drug-likeness (QED) is 0.918. The molecule has 2 saturated heterocycles. The van der Waals surface area contributed by atoms with Gasteiger partial charge in [-0.1, -0.05) is 12.1 Å². The van der Waals surface area contributed by atoms with Gasteiger partial charge in [0.1, 0.15) is 16.8 Å². The Hall–Kier alpha value is -1.57. The van der Waals surface area contributed by atoms with Crippen LogP contribution in [-0.4, -0.2) is 24.4 Å². The first kappa shape index (κ1) is 13.4. The number of benzene rings is 1. The van der Waals surface area contributed by atoms with Crippen LogP contribution in [0.3, 0.4) is 0 Å². The van der Waals surface area contributed by atoms with Crippen molar-refractivity contribution in [1.82, 2.24) is 0 Å². The second-order valence-corrected chi connectivity index (χ2v) is 5.91. The van der Waals surface area contributed by atoms with E-state index in [0.29, 0.717) is 6.42 Å². The molecular weight excluding hydrogens is 254 g/mol. The molecule has 4 nitrogen and oxygen atoms in total. The molecule has 106 valence electrons. The molecule has 4 unspecified atom stereocenters. The first-order valence-electron chi connectivity index (χ1n) is 6.97. The highest BCUT2D eigenvalue weighted by Crippen LogP contribution is 2.56. The summed E-state index contributed by atoms with van der Waals surface area (Å²) in [4.78, 5) is 0. The number of hydrogen-bond acceptors (Lipinski definition) is 4. The molecule has 2 heterocycles. The van der Waals surface area contributed by atoms with Crippen LogP contribution in [0.5, 0.6) is 5.75 Å². The normalized spacial score (nSPS) is 34.5. The van der Waals surface area contributed by atoms with Gasteiger partial charge in [-0.15, -0.1) is 0 Å². The molecule has 1 N–H and O–H groups in total. The standard InChI is InChI=1S/C16H19NO3/c1-15(18,11-3-5-12(19-2)6-4-11)16(10-17)9-13-7-8-14(16)20-13/h3-6,13-14,18H,7-9H2,1-2H3. The van der Waals surface area contributed by atoms with E-state index in [0.717, 1.165) is 24.2 Å². The molecule has 20 heavy (non-hydrogen) atoms. The largest absolute Gasteiger partial charge is 0.497 e. The zero-order valence-electron chi connectivity index (χ0n) is 11.8. The SMILES string of the molecule is COc1ccc(C(C)(O)C2(C#N)CC3CCC2O3)cc1. The van der Waals surface area contributed by atoms with Gasteiger partial charge in [-0.05, 0) is 43.9 Å². The summed E-state index contributed by atoms with van der Waals surface area (Å²) in [5, 5.41) is 20.8. The lowest BCUT2D eigenvalue weighted by atomic mass is 9.62. The molecule has 2 bridgehead atoms. The van der Waals surface area contributed by atoms with Crippen LogP contribution < -0.4 is 4.74 Å². The monoisotopic (exact) mass is 273 g/mol. The number of nitriles is 1. The van der Waals surface area contributed by atoms with E-state index in [-0.39, 0.29) is 12.2 Å². The van der Waals surface area contributed by atoms with Crippen molar-refractivity contribution in [3.05, 3.63) is 29.8 Å². The summed E-state index contributed by atoms with van der Waals surface area (Å²) in [5.41, 5.74) is -1.35. The van der Waals surface area contributed by atoms with E-state index in [2.05, 4.69) is 6.07 Å². The topological polar surface area (TPSA) is 62.5 Å². The second-order valence-electron chi connectivity index (χ2n) is 5.91. The van der Waals surface area contributed by atoms with Crippen LogP contribution >= 0.6 is 0 Å². The molecular formula is C16H19NO3. The van der Waals surface area contributed by atoms with Crippen molar-refractivity contribution < 1.29 is 14.6 Å². The van der Waals surface area contributed by atoms with Crippen LogP contribution in [0.15, 0.2) is 24.3 Å². The van der Waals surface area contributed by atoms with Crippen molar-refractivity contribution in [1.29, 1.82) is 5.26 Å². The van der Waals surface area contributed by atoms with Gasteiger partial charge in [0.2, 0.25) is 0 Å². The van der Waals surface area contributed by atoms with Crippen molar-refractivity contribution in [2.45, 2.75) is 44.0 Å². The fourth-order valence-electron chi connectivity index (χ4n) is 3.62. The van der Waals surface area contributed by atoms with Gasteiger partial charge in [0, 0.05) is 0 Å². The molecule has 0 aromatic heterocycles. The lowest BCUT2D eigenvalue weighted by molar-refractivity contribution is -0.0773. The minimum absolute atomic E-state index is 0.115. The Morgan fingerprint density at radius 3 is 2.55 bits per heavy atom. The van der Waals surface area contributed by atoms with Crippen molar-refractivity contribution in [3.8, 4) is 11.8 Å². The molecule has 2 aliphatic heterocycles. The van der Waals surface area contributed by atoms with Crippen molar-refractivity contribution >= 4 is 0 Å². The Labute approximate surface area is 118 Å². The van der Waals surface area contributed by atoms with Gasteiger partial charge in [0.15, 0.2) is 0 Å². The highest BCUT2D eigenvalue weighted by Gasteiger charge is 2.62. The summed E-state index contributed by atoms with van der Waals surface area (Å²) in [7, 11) is 1.60. The summed E-state index contributed by atoms with van der Waals surface area (Å²) in [6.45, 7) is 1.72. The first-order valence-corrected chi connectivity index (χ1v) is 6.97. The Kier molecular flexibility index (Phi) is 3.00. The Balaban J connectivity index is 1.99. The molecule has 0 saturated carbocycles. The smallest absolute Gasteiger partial charge is 0.118 e. The molecule has 4 atom stereocenters. The lowest BCUT2D eigenvalue weighted by Gasteiger charge is -2.41. The highest BCUT2D eigenvalue weighted by atomic mass is 16.5. The highest BCUT2D eigenvalue weighted by molar-refractivity contribution is 5.35. The van der Waals surface area contributed by atoms with Gasteiger partial charge in [-0.25, -0.2) is 0 Å². The fourth-order valence-corrected chi connectivity index (χ4v) is 3.62. The zero-order chi connectivity index (χ0) is 14.4. The van der Waals surface area contributed by atoms with Gasteiger partial charge in [0.25, 0.3) is 0 Å². The van der Waals surface area contributed by atoms with Crippen LogP contribution in [0.2, 0.25) is 0 Å². The van der Waals surface area contributed by atoms with E-state index < -0.39 is 11.0 Å². The van der Waals surface area contributed by atoms with Crippen molar-refractivity contribution in [3.63, 3.8) is 0 Å². The Bertz CT molecular complexity index is 546. The van der Waals surface area contributed by atoms with Crippen LogP contribution in [-0.2, 0) is 10.3 Å². The third kappa shape index (κ3) is 1.67. The van der Waals surface area contributed by atoms with E-state index >= 15 is 0 Å². The molecule has 3 rings (SSSR count). The van der Waals surface area contributed by atoms with E-state index in [1.54, 1.807) is 14.0 Å². The number of methoxy groups -OCH3 is 1. The Morgan fingerprint density at radius 2 is 2.10 bits per heavy atom. The van der Waals surface area contributed by atoms with Crippen LogP contribution in [0.1, 0.15) is 31.7 Å². The minimum atomic E-state index is -1.23. The number of rotatable bonds is 3. The van der Waals surface area contributed by atoms with Gasteiger partial charge >= 0.3 is 0 Å². The summed E-state index contributed by atoms with van der Waals surface area (Å²) in [6.07, 6.45) is 2.39. The van der Waals surface area contributed by atoms with E-state index in [4.69, 9.17) is 9.47 Å². The predicted molar refractivity (Wildman–Crippen MR) is 73.1 cm³/mol. The van der Waals surface area contributed by atoms with Crippen molar-refractivity contribution in [2.24, 2.45) is 5.41 Å². The van der Waals surface area contributed by atoms with Crippen molar-refractivity contribution in [2.75, 3.05) is 7.11 Å². The molecule has 0 spiro atoms. The first-order chi connectivity index (χ1) is 9.53. The van der Waals surface area contributed by atoms with Crippen LogP contribution in [0.4, 0.5) is 0 Å². The number of hydrogen-bond donors (Lipinski definition) is 1. The zero-order valence-corrected chi connectivity index (χ0v) is 11.8. The maximum atomic E-state index is 11.1. The van der Waals surface area contributed by atoms with Gasteiger partial charge in [0.05, 0.1) is 25.4 Å². The molecule has 2 fully saturated rings. The maximum Gasteiger partial charge on any atom is 0.118 e. The van der Waals surface area contributed by atoms with E-state index in [9.17, 15) is 10.4 Å². The van der Waals surface area contributed by atoms with E-state index in [1.807, 2.05) is 24.3 Å². The molecule has 2 aliphatic rings. The van der Waals surface area contributed by atoms with Gasteiger partial charge < -0.3 is 14.6 Å². The summed E-state index contributed by atoms with van der Waals surface area (Å²) >= 11 is 0. The summed E-state index contributed by atoms with van der Waals surface area (Å²) < 4.78 is 11.0. The average molecular weight is 273 g/mol. The lowest BCUT2D eigenvalue weighted by Crippen LogP contribution is -2.49. The summed E-state index contributed by atoms with van der Waals surface area (Å²) in [5.74, 6) is 0.736. The maximum absolute atomic E-state index is 11.1. The second kappa shape index (κ2) is 4.47. The van der Waals surface area contributed by atoms with Gasteiger partial charge in [-0.3, -0.25) is 0 Å². The molecule has 1 aromatic carbocycles. The third-order valence-corrected chi connectivity index (χ3v) is 4.93. The predicted octanol–water partition coefficient (Wildman–Crippen LogP) is 2.36. The average Bonchev–Trinajstić information content (AvgIpc) is 3.08. The van der Waals surface area contributed by atoms with Crippen LogP contribution in [0, 0.1) is 16.7 Å². The summed E-state index contributed by atoms with van der Waals surface area (Å²) in [6, 6.07) is 9.63. The number of fused-ring (bicyclic) bond motifs is 2. The molecule has 1 aromatic rings. The fraction of sp³-hybridized carbons (Fsp3) is 0.562. The molecule has 4 heteroatoms. The van der Waals surface area contributed by atoms with E-state index in [1.165, 1.54) is 0 Å². The van der Waals surface area contributed by atoms with Gasteiger partial charge in [-0.2, -0.15) is 5.26 Å². The minimum Gasteiger partial charge on any atom is -0.497 e. The number of nitrogens with zero attached hydrogens (tertiary/aromatic N) is 1.